The van der Waals surface area contributed by atoms with Gasteiger partial charge in [-0.2, -0.15) is 0 Å². The highest BCUT2D eigenvalue weighted by Gasteiger charge is 2.32. The van der Waals surface area contributed by atoms with Gasteiger partial charge in [-0.15, -0.1) is 5.10 Å². The van der Waals surface area contributed by atoms with Crippen molar-refractivity contribution in [2.24, 2.45) is 5.92 Å². The Morgan fingerprint density at radius 1 is 1.03 bits per heavy atom. The smallest absolute Gasteiger partial charge is 0.168 e. The van der Waals surface area contributed by atoms with Gasteiger partial charge in [0.15, 0.2) is 5.82 Å². The third-order valence-corrected chi connectivity index (χ3v) is 6.43. The summed E-state index contributed by atoms with van der Waals surface area (Å²) in [5.74, 6) is 1.27. The summed E-state index contributed by atoms with van der Waals surface area (Å²) in [6.45, 7) is 9.50. The molecular formula is C22H33FN6. The highest BCUT2D eigenvalue weighted by Crippen LogP contribution is 2.30. The average Bonchev–Trinajstić information content (AvgIpc) is 3.40. The van der Waals surface area contributed by atoms with Crippen LogP contribution >= 0.6 is 0 Å². The summed E-state index contributed by atoms with van der Waals surface area (Å²) >= 11 is 0. The van der Waals surface area contributed by atoms with Crippen LogP contribution in [0.1, 0.15) is 63.4 Å². The van der Waals surface area contributed by atoms with Crippen LogP contribution in [-0.4, -0.2) is 62.2 Å². The Bertz CT molecular complexity index is 760. The Balaban J connectivity index is 1.47. The number of nitrogens with zero attached hydrogens (tertiary/aromatic N) is 6. The third kappa shape index (κ3) is 5.01. The van der Waals surface area contributed by atoms with E-state index in [0.29, 0.717) is 12.5 Å². The molecule has 7 heteroatoms. The molecule has 1 atom stereocenters. The molecule has 29 heavy (non-hydrogen) atoms. The van der Waals surface area contributed by atoms with Crippen molar-refractivity contribution in [3.05, 3.63) is 41.5 Å². The van der Waals surface area contributed by atoms with Crippen LogP contribution in [0.5, 0.6) is 0 Å². The van der Waals surface area contributed by atoms with E-state index in [2.05, 4.69) is 39.2 Å². The quantitative estimate of drug-likeness (QED) is 0.712. The van der Waals surface area contributed by atoms with E-state index in [1.165, 1.54) is 37.8 Å². The van der Waals surface area contributed by atoms with Crippen LogP contribution in [0.15, 0.2) is 24.3 Å². The van der Waals surface area contributed by atoms with E-state index in [9.17, 15) is 4.39 Å². The van der Waals surface area contributed by atoms with Crippen molar-refractivity contribution >= 4 is 0 Å². The number of hydrogen-bond acceptors (Lipinski definition) is 5. The second kappa shape index (κ2) is 9.30. The van der Waals surface area contributed by atoms with Gasteiger partial charge in [0.1, 0.15) is 5.82 Å². The molecule has 2 aliphatic rings. The largest absolute Gasteiger partial charge is 0.298 e. The maximum atomic E-state index is 13.2. The van der Waals surface area contributed by atoms with E-state index in [4.69, 9.17) is 0 Å². The van der Waals surface area contributed by atoms with Gasteiger partial charge in [0, 0.05) is 32.2 Å². The fourth-order valence-electron chi connectivity index (χ4n) is 4.87. The van der Waals surface area contributed by atoms with Crippen LogP contribution in [0.2, 0.25) is 0 Å². The Morgan fingerprint density at radius 2 is 1.72 bits per heavy atom. The molecule has 1 aliphatic carbocycles. The highest BCUT2D eigenvalue weighted by atomic mass is 19.1. The van der Waals surface area contributed by atoms with Gasteiger partial charge in [-0.3, -0.25) is 9.80 Å². The molecule has 4 rings (SSSR count). The van der Waals surface area contributed by atoms with E-state index < -0.39 is 0 Å². The Morgan fingerprint density at radius 3 is 2.38 bits per heavy atom. The monoisotopic (exact) mass is 400 g/mol. The molecule has 2 heterocycles. The molecule has 1 saturated carbocycles. The molecule has 0 bridgehead atoms. The van der Waals surface area contributed by atoms with E-state index in [-0.39, 0.29) is 11.9 Å². The maximum absolute atomic E-state index is 13.2. The van der Waals surface area contributed by atoms with Crippen LogP contribution in [-0.2, 0) is 6.54 Å². The van der Waals surface area contributed by atoms with E-state index >= 15 is 0 Å². The molecule has 2 aromatic rings. The zero-order chi connectivity index (χ0) is 20.2. The lowest BCUT2D eigenvalue weighted by Crippen LogP contribution is -2.51. The molecule has 1 saturated heterocycles. The normalized spacial score (nSPS) is 20.6. The van der Waals surface area contributed by atoms with E-state index in [0.717, 1.165) is 50.0 Å². The Labute approximate surface area is 173 Å². The summed E-state index contributed by atoms with van der Waals surface area (Å²) in [6, 6.07) is 7.61. The number of tetrazole rings is 1. The molecule has 0 spiro atoms. The van der Waals surface area contributed by atoms with Gasteiger partial charge in [-0.05, 0) is 53.3 Å². The van der Waals surface area contributed by atoms with Crippen molar-refractivity contribution < 1.29 is 4.39 Å². The van der Waals surface area contributed by atoms with Gasteiger partial charge in [0.2, 0.25) is 0 Å². The standard InChI is InChI=1S/C22H33FN6/c1-17(2)15-21(28-13-11-27(12-14-28)20-5-3-4-6-20)22-24-25-26-29(22)16-18-7-9-19(23)10-8-18/h7-10,17,20-21H,3-6,11-16H2,1-2H3. The molecule has 2 fully saturated rings. The van der Waals surface area contributed by atoms with Crippen molar-refractivity contribution in [1.29, 1.82) is 0 Å². The highest BCUT2D eigenvalue weighted by molar-refractivity contribution is 5.16. The number of halogens is 1. The molecule has 1 unspecified atom stereocenters. The minimum atomic E-state index is -0.219. The van der Waals surface area contributed by atoms with E-state index in [1.807, 2.05) is 4.68 Å². The lowest BCUT2D eigenvalue weighted by Gasteiger charge is -2.41. The topological polar surface area (TPSA) is 50.1 Å². The minimum Gasteiger partial charge on any atom is -0.298 e. The first-order chi connectivity index (χ1) is 14.1. The van der Waals surface area contributed by atoms with Crippen LogP contribution < -0.4 is 0 Å². The van der Waals surface area contributed by atoms with Gasteiger partial charge in [0.05, 0.1) is 12.6 Å². The molecule has 0 N–H and O–H groups in total. The van der Waals surface area contributed by atoms with Gasteiger partial charge in [-0.25, -0.2) is 9.07 Å². The first kappa shape index (κ1) is 20.4. The Hall–Kier alpha value is -1.86. The molecule has 158 valence electrons. The summed E-state index contributed by atoms with van der Waals surface area (Å²) in [6.07, 6.45) is 6.54. The SMILES string of the molecule is CC(C)CC(c1nnnn1Cc1ccc(F)cc1)N1CCN(C2CCCC2)CC1. The predicted octanol–water partition coefficient (Wildman–Crippen LogP) is 3.51. The molecular weight excluding hydrogens is 367 g/mol. The molecule has 0 radical (unpaired) electrons. The summed E-state index contributed by atoms with van der Waals surface area (Å²) < 4.78 is 15.1. The minimum absolute atomic E-state index is 0.219. The molecule has 6 nitrogen and oxygen atoms in total. The Kier molecular flexibility index (Phi) is 6.55. The van der Waals surface area contributed by atoms with Crippen molar-refractivity contribution in [2.45, 2.75) is 64.6 Å². The van der Waals surface area contributed by atoms with Crippen LogP contribution in [0.25, 0.3) is 0 Å². The number of benzene rings is 1. The number of hydrogen-bond donors (Lipinski definition) is 0. The second-order valence-electron chi connectivity index (χ2n) is 8.98. The summed E-state index contributed by atoms with van der Waals surface area (Å²) in [7, 11) is 0. The fourth-order valence-corrected chi connectivity index (χ4v) is 4.87. The van der Waals surface area contributed by atoms with Crippen LogP contribution in [0.4, 0.5) is 4.39 Å². The second-order valence-corrected chi connectivity index (χ2v) is 8.98. The molecule has 1 aliphatic heterocycles. The number of aromatic nitrogens is 4. The molecule has 1 aromatic carbocycles. The van der Waals surface area contributed by atoms with Gasteiger partial charge in [0.25, 0.3) is 0 Å². The number of rotatable bonds is 7. The predicted molar refractivity (Wildman–Crippen MR) is 111 cm³/mol. The van der Waals surface area contributed by atoms with Crippen molar-refractivity contribution in [3.8, 4) is 0 Å². The van der Waals surface area contributed by atoms with Crippen LogP contribution in [0, 0.1) is 11.7 Å². The zero-order valence-electron chi connectivity index (χ0n) is 17.7. The third-order valence-electron chi connectivity index (χ3n) is 6.43. The summed E-state index contributed by atoms with van der Waals surface area (Å²) in [4.78, 5) is 5.26. The molecule has 0 amide bonds. The van der Waals surface area contributed by atoms with Gasteiger partial charge >= 0.3 is 0 Å². The first-order valence-corrected chi connectivity index (χ1v) is 11.1. The summed E-state index contributed by atoms with van der Waals surface area (Å²) in [5.41, 5.74) is 1.01. The van der Waals surface area contributed by atoms with Crippen molar-refractivity contribution in [2.75, 3.05) is 26.2 Å². The van der Waals surface area contributed by atoms with Crippen molar-refractivity contribution in [3.63, 3.8) is 0 Å². The molecule has 1 aromatic heterocycles. The fraction of sp³-hybridized carbons (Fsp3) is 0.682. The van der Waals surface area contributed by atoms with Crippen molar-refractivity contribution in [1.82, 2.24) is 30.0 Å². The van der Waals surface area contributed by atoms with Gasteiger partial charge in [-0.1, -0.05) is 38.8 Å². The number of piperazine rings is 1. The lowest BCUT2D eigenvalue weighted by molar-refractivity contribution is 0.0588. The summed E-state index contributed by atoms with van der Waals surface area (Å²) in [5, 5.41) is 12.7. The average molecular weight is 401 g/mol. The zero-order valence-corrected chi connectivity index (χ0v) is 17.7. The van der Waals surface area contributed by atoms with Crippen LogP contribution in [0.3, 0.4) is 0 Å². The first-order valence-electron chi connectivity index (χ1n) is 11.1. The van der Waals surface area contributed by atoms with Gasteiger partial charge < -0.3 is 0 Å². The lowest BCUT2D eigenvalue weighted by atomic mass is 10.0. The van der Waals surface area contributed by atoms with E-state index in [1.54, 1.807) is 12.1 Å². The maximum Gasteiger partial charge on any atom is 0.168 e.